The Kier molecular flexibility index (Phi) is 12.9. The van der Waals surface area contributed by atoms with Crippen LogP contribution in [0.1, 0.15) is 30.4 Å². The quantitative estimate of drug-likeness (QED) is 0.170. The van der Waals surface area contributed by atoms with E-state index in [1.807, 2.05) is 67.7 Å². The minimum Gasteiger partial charge on any atom is -0.445 e. The number of nitrogens with zero attached hydrogens (tertiary/aromatic N) is 1. The van der Waals surface area contributed by atoms with E-state index in [2.05, 4.69) is 10.6 Å². The smallest absolute Gasteiger partial charge is 0.407 e. The summed E-state index contributed by atoms with van der Waals surface area (Å²) in [5, 5.41) is 5.47. The molecule has 37 heavy (non-hydrogen) atoms. The number of hydrogen-bond acceptors (Lipinski definition) is 6. The van der Waals surface area contributed by atoms with Gasteiger partial charge in [-0.2, -0.15) is 8.42 Å². The van der Waals surface area contributed by atoms with Gasteiger partial charge in [0.2, 0.25) is 0 Å². The van der Waals surface area contributed by atoms with Gasteiger partial charge >= 0.3 is 12.2 Å². The molecule has 0 aliphatic carbocycles. The summed E-state index contributed by atoms with van der Waals surface area (Å²) in [6.45, 7) is 3.06. The molecular formula is C26H38N3O7S+. The molecule has 0 aromatic heterocycles. The minimum absolute atomic E-state index is 0.191. The second kappa shape index (κ2) is 15.9. The van der Waals surface area contributed by atoms with Gasteiger partial charge in [0.05, 0.1) is 32.4 Å². The highest BCUT2D eigenvalue weighted by Crippen LogP contribution is 2.09. The number of rotatable bonds is 16. The average molecular weight is 537 g/mol. The van der Waals surface area contributed by atoms with Crippen LogP contribution in [0.2, 0.25) is 0 Å². The fourth-order valence-electron chi connectivity index (χ4n) is 3.81. The first-order chi connectivity index (χ1) is 17.7. The Morgan fingerprint density at radius 3 is 1.57 bits per heavy atom. The zero-order valence-corrected chi connectivity index (χ0v) is 22.1. The molecule has 0 radical (unpaired) electrons. The largest absolute Gasteiger partial charge is 0.445 e. The first-order valence-corrected chi connectivity index (χ1v) is 13.9. The Morgan fingerprint density at radius 1 is 0.757 bits per heavy atom. The Balaban J connectivity index is 1.71. The first kappa shape index (κ1) is 30.1. The fourth-order valence-corrected chi connectivity index (χ4v) is 4.31. The summed E-state index contributed by atoms with van der Waals surface area (Å²) in [7, 11) is -2.04. The van der Waals surface area contributed by atoms with Crippen LogP contribution in [0.3, 0.4) is 0 Å². The molecule has 2 aromatic rings. The van der Waals surface area contributed by atoms with Crippen LogP contribution >= 0.6 is 0 Å². The van der Waals surface area contributed by atoms with Gasteiger partial charge in [-0.3, -0.25) is 4.55 Å². The van der Waals surface area contributed by atoms with E-state index in [0.29, 0.717) is 56.5 Å². The van der Waals surface area contributed by atoms with Gasteiger partial charge < -0.3 is 24.6 Å². The van der Waals surface area contributed by atoms with Crippen LogP contribution in [0.25, 0.3) is 0 Å². The molecule has 0 unspecified atom stereocenters. The Morgan fingerprint density at radius 2 is 1.16 bits per heavy atom. The van der Waals surface area contributed by atoms with E-state index in [9.17, 15) is 18.0 Å². The Labute approximate surface area is 219 Å². The highest BCUT2D eigenvalue weighted by Gasteiger charge is 2.22. The molecule has 0 saturated heterocycles. The molecule has 0 fully saturated rings. The monoisotopic (exact) mass is 536 g/mol. The molecule has 11 heteroatoms. The third kappa shape index (κ3) is 14.2. The summed E-state index contributed by atoms with van der Waals surface area (Å²) in [5.41, 5.74) is 1.80. The van der Waals surface area contributed by atoms with Crippen molar-refractivity contribution >= 4 is 22.3 Å². The standard InChI is InChI=1S/C26H37N3O7S/c1-29(19-10-20-37(32,33)34,17-8-15-27-25(30)35-21-23-11-4-2-5-12-23)18-9-16-28-26(31)36-22-24-13-6-3-7-14-24/h2-7,11-14H,8-10,15-22H2,1H3,(H2-,27,28,30,31,32,33,34)/p+1. The summed E-state index contributed by atoms with van der Waals surface area (Å²) >= 11 is 0. The minimum atomic E-state index is -4.03. The molecule has 0 atom stereocenters. The van der Waals surface area contributed by atoms with E-state index < -0.39 is 22.3 Å². The lowest BCUT2D eigenvalue weighted by Gasteiger charge is -2.35. The summed E-state index contributed by atoms with van der Waals surface area (Å²) < 4.78 is 42.3. The van der Waals surface area contributed by atoms with Crippen LogP contribution in [-0.4, -0.2) is 75.2 Å². The van der Waals surface area contributed by atoms with Crippen molar-refractivity contribution < 1.29 is 36.5 Å². The van der Waals surface area contributed by atoms with E-state index in [-0.39, 0.29) is 19.0 Å². The number of carbonyl (C=O) groups is 2. The number of quaternary nitrogens is 1. The molecule has 0 saturated carbocycles. The van der Waals surface area contributed by atoms with Crippen molar-refractivity contribution in [2.45, 2.75) is 32.5 Å². The van der Waals surface area contributed by atoms with Crippen molar-refractivity contribution in [3.05, 3.63) is 71.8 Å². The maximum absolute atomic E-state index is 12.0. The predicted octanol–water partition coefficient (Wildman–Crippen LogP) is 3.34. The first-order valence-electron chi connectivity index (χ1n) is 12.3. The molecule has 3 N–H and O–H groups in total. The number of carbonyl (C=O) groups excluding carboxylic acids is 2. The van der Waals surface area contributed by atoms with E-state index in [0.717, 1.165) is 11.1 Å². The van der Waals surface area contributed by atoms with Crippen molar-refractivity contribution in [2.75, 3.05) is 45.5 Å². The highest BCUT2D eigenvalue weighted by molar-refractivity contribution is 7.85. The van der Waals surface area contributed by atoms with Gasteiger partial charge in [-0.15, -0.1) is 0 Å². The predicted molar refractivity (Wildman–Crippen MR) is 140 cm³/mol. The van der Waals surface area contributed by atoms with Crippen molar-refractivity contribution in [2.24, 2.45) is 0 Å². The third-order valence-corrected chi connectivity index (χ3v) is 6.62. The number of hydrogen-bond donors (Lipinski definition) is 3. The maximum Gasteiger partial charge on any atom is 0.407 e. The molecule has 0 heterocycles. The second-order valence-electron chi connectivity index (χ2n) is 9.11. The van der Waals surface area contributed by atoms with Gasteiger partial charge in [-0.1, -0.05) is 60.7 Å². The van der Waals surface area contributed by atoms with Crippen LogP contribution in [0.15, 0.2) is 60.7 Å². The van der Waals surface area contributed by atoms with Gasteiger partial charge in [0.1, 0.15) is 13.2 Å². The molecular weight excluding hydrogens is 498 g/mol. The van der Waals surface area contributed by atoms with E-state index in [1.54, 1.807) is 0 Å². The number of alkyl carbamates (subject to hydrolysis) is 2. The topological polar surface area (TPSA) is 131 Å². The molecule has 0 spiro atoms. The van der Waals surface area contributed by atoms with Crippen LogP contribution in [0.4, 0.5) is 9.59 Å². The van der Waals surface area contributed by atoms with Crippen LogP contribution in [-0.2, 0) is 32.8 Å². The molecule has 204 valence electrons. The Hall–Kier alpha value is -3.15. The van der Waals surface area contributed by atoms with Crippen LogP contribution in [0.5, 0.6) is 0 Å². The molecule has 2 amide bonds. The van der Waals surface area contributed by atoms with Gasteiger partial charge in [0.15, 0.2) is 0 Å². The number of ether oxygens (including phenoxy) is 2. The zero-order chi connectivity index (χ0) is 27.0. The van der Waals surface area contributed by atoms with Gasteiger partial charge in [0, 0.05) is 32.4 Å². The summed E-state index contributed by atoms with van der Waals surface area (Å²) in [6.07, 6.45) is 0.601. The number of nitrogens with one attached hydrogen (secondary N) is 2. The van der Waals surface area contributed by atoms with Crippen molar-refractivity contribution in [3.63, 3.8) is 0 Å². The van der Waals surface area contributed by atoms with E-state index in [1.165, 1.54) is 0 Å². The lowest BCUT2D eigenvalue weighted by atomic mass is 10.2. The normalized spacial score (nSPS) is 11.5. The highest BCUT2D eigenvalue weighted by atomic mass is 32.2. The molecule has 0 aliphatic heterocycles. The average Bonchev–Trinajstić information content (AvgIpc) is 2.87. The Bertz CT molecular complexity index is 987. The summed E-state index contributed by atoms with van der Waals surface area (Å²) in [6, 6.07) is 18.8. The molecule has 10 nitrogen and oxygen atoms in total. The van der Waals surface area contributed by atoms with Gasteiger partial charge in [-0.05, 0) is 11.1 Å². The molecule has 2 aromatic carbocycles. The van der Waals surface area contributed by atoms with Crippen molar-refractivity contribution in [3.8, 4) is 0 Å². The number of amides is 2. The van der Waals surface area contributed by atoms with Crippen molar-refractivity contribution in [1.29, 1.82) is 0 Å². The lowest BCUT2D eigenvalue weighted by molar-refractivity contribution is -0.909. The maximum atomic E-state index is 12.0. The molecule has 0 aliphatic rings. The fraction of sp³-hybridized carbons (Fsp3) is 0.462. The molecule has 0 bridgehead atoms. The second-order valence-corrected chi connectivity index (χ2v) is 10.7. The SMILES string of the molecule is C[N+](CCCNC(=O)OCc1ccccc1)(CCCNC(=O)OCc1ccccc1)CCCS(=O)(=O)O. The summed E-state index contributed by atoms with van der Waals surface area (Å²) in [4.78, 5) is 23.9. The van der Waals surface area contributed by atoms with E-state index >= 15 is 0 Å². The lowest BCUT2D eigenvalue weighted by Crippen LogP contribution is -2.48. The number of benzene rings is 2. The van der Waals surface area contributed by atoms with Crippen molar-refractivity contribution in [1.82, 2.24) is 10.6 Å². The molecule has 2 rings (SSSR count). The van der Waals surface area contributed by atoms with Gasteiger partial charge in [-0.25, -0.2) is 9.59 Å². The van der Waals surface area contributed by atoms with Crippen LogP contribution < -0.4 is 10.6 Å². The third-order valence-electron chi connectivity index (χ3n) is 5.81. The van der Waals surface area contributed by atoms with Gasteiger partial charge in [0.25, 0.3) is 10.1 Å². The zero-order valence-electron chi connectivity index (χ0n) is 21.3. The van der Waals surface area contributed by atoms with Crippen LogP contribution in [0, 0.1) is 0 Å². The summed E-state index contributed by atoms with van der Waals surface area (Å²) in [5.74, 6) is -0.311. The van der Waals surface area contributed by atoms with E-state index in [4.69, 9.17) is 14.0 Å².